The molecule has 174 valence electrons. The number of hydrogen-bond acceptors (Lipinski definition) is 5. The molecule has 0 spiro atoms. The molecule has 1 aliphatic rings. The fourth-order valence-electron chi connectivity index (χ4n) is 3.57. The largest absolute Gasteiger partial charge is 0.496 e. The van der Waals surface area contributed by atoms with Crippen molar-refractivity contribution in [1.29, 1.82) is 0 Å². The lowest BCUT2D eigenvalue weighted by Gasteiger charge is -2.26. The van der Waals surface area contributed by atoms with Gasteiger partial charge in [0, 0.05) is 43.9 Å². The van der Waals surface area contributed by atoms with Gasteiger partial charge in [0.2, 0.25) is 0 Å². The van der Waals surface area contributed by atoms with Gasteiger partial charge in [0.1, 0.15) is 18.1 Å². The third kappa shape index (κ3) is 7.43. The number of morpholine rings is 1. The van der Waals surface area contributed by atoms with E-state index in [2.05, 4.69) is 47.6 Å². The Morgan fingerprint density at radius 2 is 1.88 bits per heavy atom. The smallest absolute Gasteiger partial charge is 0.191 e. The van der Waals surface area contributed by atoms with Crippen LogP contribution in [0.15, 0.2) is 47.5 Å². The van der Waals surface area contributed by atoms with Gasteiger partial charge in [-0.05, 0) is 31.5 Å². The quantitative estimate of drug-likeness (QED) is 0.437. The standard InChI is InChI=1S/C25H36N4O3/c1-4-26-25(28-19-22-10-9-20(2)17-24(22)30-3)27-18-21-7-5-6-8-23(21)32-16-13-29-11-14-31-15-12-29/h5-10,17H,4,11-16,18-19H2,1-3H3,(H2,26,27,28). The minimum Gasteiger partial charge on any atom is -0.496 e. The van der Waals surface area contributed by atoms with Crippen molar-refractivity contribution in [3.8, 4) is 11.5 Å². The van der Waals surface area contributed by atoms with Crippen LogP contribution in [0.2, 0.25) is 0 Å². The first-order valence-electron chi connectivity index (χ1n) is 11.4. The minimum absolute atomic E-state index is 0.536. The Hall–Kier alpha value is -2.77. The zero-order chi connectivity index (χ0) is 22.6. The van der Waals surface area contributed by atoms with Gasteiger partial charge in [-0.1, -0.05) is 30.3 Å². The van der Waals surface area contributed by atoms with Crippen molar-refractivity contribution in [3.63, 3.8) is 0 Å². The SMILES string of the molecule is CCNC(=NCc1ccccc1OCCN1CCOCC1)NCc1ccc(C)cc1OC. The highest BCUT2D eigenvalue weighted by Crippen LogP contribution is 2.20. The molecule has 32 heavy (non-hydrogen) atoms. The number of nitrogens with one attached hydrogen (secondary N) is 2. The van der Waals surface area contributed by atoms with E-state index >= 15 is 0 Å². The molecule has 1 saturated heterocycles. The highest BCUT2D eigenvalue weighted by atomic mass is 16.5. The molecule has 2 aromatic rings. The molecule has 0 saturated carbocycles. The zero-order valence-corrected chi connectivity index (χ0v) is 19.5. The molecule has 0 aliphatic carbocycles. The Bertz CT molecular complexity index is 866. The maximum Gasteiger partial charge on any atom is 0.191 e. The lowest BCUT2D eigenvalue weighted by atomic mass is 10.1. The van der Waals surface area contributed by atoms with Crippen LogP contribution in [0.3, 0.4) is 0 Å². The van der Waals surface area contributed by atoms with Crippen molar-refractivity contribution in [2.45, 2.75) is 26.9 Å². The number of aryl methyl sites for hydroxylation is 1. The summed E-state index contributed by atoms with van der Waals surface area (Å²) in [6.07, 6.45) is 0. The Morgan fingerprint density at radius 1 is 1.06 bits per heavy atom. The molecule has 1 fully saturated rings. The molecule has 3 rings (SSSR count). The highest BCUT2D eigenvalue weighted by Gasteiger charge is 2.11. The number of guanidine groups is 1. The Labute approximate surface area is 191 Å². The van der Waals surface area contributed by atoms with Gasteiger partial charge < -0.3 is 24.8 Å². The van der Waals surface area contributed by atoms with E-state index in [-0.39, 0.29) is 0 Å². The first-order chi connectivity index (χ1) is 15.7. The van der Waals surface area contributed by atoms with Crippen molar-refractivity contribution in [2.24, 2.45) is 4.99 Å². The number of rotatable bonds is 10. The van der Waals surface area contributed by atoms with E-state index < -0.39 is 0 Å². The van der Waals surface area contributed by atoms with Crippen LogP contribution in [-0.2, 0) is 17.8 Å². The molecule has 0 atom stereocenters. The number of para-hydroxylation sites is 1. The van der Waals surface area contributed by atoms with Crippen molar-refractivity contribution in [1.82, 2.24) is 15.5 Å². The second-order valence-corrected chi connectivity index (χ2v) is 7.77. The summed E-state index contributed by atoms with van der Waals surface area (Å²) in [6, 6.07) is 14.3. The summed E-state index contributed by atoms with van der Waals surface area (Å²) in [7, 11) is 1.70. The van der Waals surface area contributed by atoms with Crippen LogP contribution in [0.25, 0.3) is 0 Å². The van der Waals surface area contributed by atoms with Gasteiger partial charge in [0.15, 0.2) is 5.96 Å². The lowest BCUT2D eigenvalue weighted by Crippen LogP contribution is -2.38. The summed E-state index contributed by atoms with van der Waals surface area (Å²) in [4.78, 5) is 7.15. The van der Waals surface area contributed by atoms with Crippen molar-refractivity contribution >= 4 is 5.96 Å². The summed E-state index contributed by atoms with van der Waals surface area (Å²) in [5.41, 5.74) is 3.34. The average molecular weight is 441 g/mol. The average Bonchev–Trinajstić information content (AvgIpc) is 2.82. The zero-order valence-electron chi connectivity index (χ0n) is 19.5. The van der Waals surface area contributed by atoms with Crippen LogP contribution in [0, 0.1) is 6.92 Å². The molecule has 2 N–H and O–H groups in total. The van der Waals surface area contributed by atoms with Crippen LogP contribution in [0.4, 0.5) is 0 Å². The maximum absolute atomic E-state index is 6.09. The molecule has 0 radical (unpaired) electrons. The number of benzene rings is 2. The summed E-state index contributed by atoms with van der Waals surface area (Å²) >= 11 is 0. The molecule has 2 aromatic carbocycles. The van der Waals surface area contributed by atoms with Crippen LogP contribution in [-0.4, -0.2) is 64.0 Å². The highest BCUT2D eigenvalue weighted by molar-refractivity contribution is 5.79. The number of methoxy groups -OCH3 is 1. The summed E-state index contributed by atoms with van der Waals surface area (Å²) in [6.45, 7) is 11.2. The fraction of sp³-hybridized carbons (Fsp3) is 0.480. The third-order valence-electron chi connectivity index (χ3n) is 5.38. The Kier molecular flexibility index (Phi) is 9.65. The molecular weight excluding hydrogens is 404 g/mol. The molecule has 1 aliphatic heterocycles. The van der Waals surface area contributed by atoms with E-state index in [0.717, 1.165) is 68.0 Å². The van der Waals surface area contributed by atoms with Crippen LogP contribution < -0.4 is 20.1 Å². The minimum atomic E-state index is 0.536. The van der Waals surface area contributed by atoms with Gasteiger partial charge in [0.25, 0.3) is 0 Å². The summed E-state index contributed by atoms with van der Waals surface area (Å²) < 4.78 is 17.0. The first kappa shape index (κ1) is 23.9. The van der Waals surface area contributed by atoms with E-state index in [1.165, 1.54) is 5.56 Å². The predicted octanol–water partition coefficient (Wildman–Crippen LogP) is 2.97. The molecule has 0 aromatic heterocycles. The topological polar surface area (TPSA) is 67.4 Å². The van der Waals surface area contributed by atoms with Gasteiger partial charge in [-0.25, -0.2) is 4.99 Å². The Balaban J connectivity index is 1.58. The second kappa shape index (κ2) is 12.9. The van der Waals surface area contributed by atoms with Gasteiger partial charge in [0.05, 0.1) is 26.9 Å². The number of ether oxygens (including phenoxy) is 3. The number of hydrogen-bond donors (Lipinski definition) is 2. The van der Waals surface area contributed by atoms with E-state index in [1.54, 1.807) is 7.11 Å². The van der Waals surface area contributed by atoms with E-state index in [0.29, 0.717) is 19.7 Å². The fourth-order valence-corrected chi connectivity index (χ4v) is 3.57. The molecule has 0 amide bonds. The van der Waals surface area contributed by atoms with E-state index in [9.17, 15) is 0 Å². The summed E-state index contributed by atoms with van der Waals surface area (Å²) in [5, 5.41) is 6.72. The number of nitrogens with zero attached hydrogens (tertiary/aromatic N) is 2. The van der Waals surface area contributed by atoms with Crippen molar-refractivity contribution in [2.75, 3.05) is 53.1 Å². The first-order valence-corrected chi connectivity index (χ1v) is 11.4. The Morgan fingerprint density at radius 3 is 2.66 bits per heavy atom. The van der Waals surface area contributed by atoms with Gasteiger partial charge in [-0.15, -0.1) is 0 Å². The molecule has 0 bridgehead atoms. The van der Waals surface area contributed by atoms with Crippen LogP contribution >= 0.6 is 0 Å². The van der Waals surface area contributed by atoms with Gasteiger partial charge in [-0.2, -0.15) is 0 Å². The molecule has 0 unspecified atom stereocenters. The third-order valence-corrected chi connectivity index (χ3v) is 5.38. The lowest BCUT2D eigenvalue weighted by molar-refractivity contribution is 0.0322. The molecular formula is C25H36N4O3. The van der Waals surface area contributed by atoms with Crippen molar-refractivity contribution < 1.29 is 14.2 Å². The molecule has 7 nitrogen and oxygen atoms in total. The molecule has 1 heterocycles. The maximum atomic E-state index is 6.09. The van der Waals surface area contributed by atoms with Gasteiger partial charge in [-0.3, -0.25) is 4.90 Å². The van der Waals surface area contributed by atoms with Gasteiger partial charge >= 0.3 is 0 Å². The van der Waals surface area contributed by atoms with E-state index in [4.69, 9.17) is 19.2 Å². The monoisotopic (exact) mass is 440 g/mol. The summed E-state index contributed by atoms with van der Waals surface area (Å²) in [5.74, 6) is 2.53. The van der Waals surface area contributed by atoms with Crippen molar-refractivity contribution in [3.05, 3.63) is 59.2 Å². The van der Waals surface area contributed by atoms with E-state index in [1.807, 2.05) is 24.3 Å². The number of aliphatic imine (C=N–C) groups is 1. The van der Waals surface area contributed by atoms with Crippen LogP contribution in [0.1, 0.15) is 23.6 Å². The normalized spacial score (nSPS) is 14.8. The predicted molar refractivity (Wildman–Crippen MR) is 129 cm³/mol. The van der Waals surface area contributed by atoms with Crippen LogP contribution in [0.5, 0.6) is 11.5 Å². The second-order valence-electron chi connectivity index (χ2n) is 7.77. The molecule has 7 heteroatoms.